The first kappa shape index (κ1) is 28.2. The quantitative estimate of drug-likeness (QED) is 0.341. The second-order valence-corrected chi connectivity index (χ2v) is 14.3. The van der Waals surface area contributed by atoms with Gasteiger partial charge in [0, 0.05) is 59.0 Å². The zero-order valence-corrected chi connectivity index (χ0v) is 25.2. The molecule has 2 heterocycles. The van der Waals surface area contributed by atoms with Crippen molar-refractivity contribution in [1.82, 2.24) is 4.90 Å². The normalized spacial score (nSPS) is 37.8. The van der Waals surface area contributed by atoms with Gasteiger partial charge in [0.25, 0.3) is 5.91 Å². The highest BCUT2D eigenvalue weighted by Gasteiger charge is 2.47. The van der Waals surface area contributed by atoms with Crippen LogP contribution in [-0.4, -0.2) is 59.7 Å². The van der Waals surface area contributed by atoms with Crippen LogP contribution < -0.4 is 0 Å². The van der Waals surface area contributed by atoms with Crippen LogP contribution in [0.15, 0.2) is 58.2 Å². The van der Waals surface area contributed by atoms with Crippen molar-refractivity contribution < 1.29 is 18.5 Å². The Hall–Kier alpha value is -1.93. The zero-order chi connectivity index (χ0) is 27.9. The topological polar surface area (TPSA) is 68.2 Å². The fourth-order valence-electron chi connectivity index (χ4n) is 7.54. The lowest BCUT2D eigenvalue weighted by atomic mass is 9.68. The molecule has 0 radical (unpaired) electrons. The molecular formula is C32H41ClN2O4S. The SMILES string of the molecule is CO[C@H]1/C=C/C[C@H](C)C/[SH](=O)=N\C(=O)C2=CC=C3OC[C@]4(CCCc5cc(Cl)ccc54)CN(C[C@@H]4CC[C@H]41)C3C2. The number of amides is 1. The number of ether oxygens (including phenoxy) is 2. The molecule has 2 fully saturated rings. The number of fused-ring (bicyclic) bond motifs is 4. The Morgan fingerprint density at radius 1 is 1.25 bits per heavy atom. The first-order chi connectivity index (χ1) is 19.3. The summed E-state index contributed by atoms with van der Waals surface area (Å²) in [7, 11) is -0.143. The van der Waals surface area contributed by atoms with Crippen LogP contribution in [0.3, 0.4) is 0 Å². The van der Waals surface area contributed by atoms with Crippen molar-refractivity contribution in [2.75, 3.05) is 32.6 Å². The van der Waals surface area contributed by atoms with E-state index in [1.54, 1.807) is 0 Å². The molecule has 216 valence electrons. The Morgan fingerprint density at radius 2 is 2.12 bits per heavy atom. The van der Waals surface area contributed by atoms with Crippen LogP contribution in [0.1, 0.15) is 56.6 Å². The van der Waals surface area contributed by atoms with E-state index in [-0.39, 0.29) is 29.4 Å². The van der Waals surface area contributed by atoms with E-state index in [2.05, 4.69) is 40.5 Å². The van der Waals surface area contributed by atoms with Crippen LogP contribution in [0, 0.1) is 17.8 Å². The number of rotatable bonds is 1. The Labute approximate surface area is 245 Å². The van der Waals surface area contributed by atoms with E-state index in [0.717, 1.165) is 56.0 Å². The molecule has 1 saturated heterocycles. The summed E-state index contributed by atoms with van der Waals surface area (Å²) in [4.78, 5) is 15.8. The fourth-order valence-corrected chi connectivity index (χ4v) is 8.83. The molecule has 40 heavy (non-hydrogen) atoms. The summed E-state index contributed by atoms with van der Waals surface area (Å²) in [5, 5.41) is 0.784. The number of halogens is 1. The average molecular weight is 585 g/mol. The van der Waals surface area contributed by atoms with E-state index >= 15 is 0 Å². The van der Waals surface area contributed by atoms with Gasteiger partial charge in [0.1, 0.15) is 5.76 Å². The van der Waals surface area contributed by atoms with Crippen LogP contribution in [0.4, 0.5) is 0 Å². The van der Waals surface area contributed by atoms with Gasteiger partial charge in [0.05, 0.1) is 18.8 Å². The lowest BCUT2D eigenvalue weighted by molar-refractivity contribution is -0.114. The van der Waals surface area contributed by atoms with E-state index in [1.807, 2.05) is 25.3 Å². The van der Waals surface area contributed by atoms with Crippen molar-refractivity contribution >= 4 is 28.1 Å². The van der Waals surface area contributed by atoms with Crippen LogP contribution in [0.2, 0.25) is 5.02 Å². The molecule has 1 saturated carbocycles. The average Bonchev–Trinajstić information content (AvgIpc) is 3.06. The summed E-state index contributed by atoms with van der Waals surface area (Å²) in [5.41, 5.74) is 3.16. The summed E-state index contributed by atoms with van der Waals surface area (Å²) < 4.78 is 29.6. The third-order valence-electron chi connectivity index (χ3n) is 9.84. The number of methoxy groups -OCH3 is 1. The maximum absolute atomic E-state index is 13.2. The zero-order valence-electron chi connectivity index (χ0n) is 23.6. The summed E-state index contributed by atoms with van der Waals surface area (Å²) >= 11 is 6.41. The minimum atomic E-state index is -1.95. The van der Waals surface area contributed by atoms with Gasteiger partial charge in [-0.05, 0) is 91.7 Å². The van der Waals surface area contributed by atoms with Gasteiger partial charge < -0.3 is 9.47 Å². The van der Waals surface area contributed by atoms with Gasteiger partial charge in [0.2, 0.25) is 0 Å². The number of aryl methyl sites for hydroxylation is 1. The van der Waals surface area contributed by atoms with E-state index in [1.165, 1.54) is 17.5 Å². The Morgan fingerprint density at radius 3 is 2.92 bits per heavy atom. The largest absolute Gasteiger partial charge is 0.495 e. The lowest BCUT2D eigenvalue weighted by Crippen LogP contribution is -2.51. The molecule has 1 aromatic rings. The maximum Gasteiger partial charge on any atom is 0.280 e. The number of carbonyl (C=O) groups is 1. The molecule has 2 aliphatic heterocycles. The highest BCUT2D eigenvalue weighted by molar-refractivity contribution is 7.75. The first-order valence-corrected chi connectivity index (χ1v) is 16.6. The van der Waals surface area contributed by atoms with Crippen LogP contribution in [-0.2, 0) is 36.7 Å². The van der Waals surface area contributed by atoms with Gasteiger partial charge in [-0.1, -0.05) is 36.7 Å². The fraction of sp³-hybridized carbons (Fsp3) is 0.594. The third-order valence-corrected chi connectivity index (χ3v) is 11.4. The summed E-state index contributed by atoms with van der Waals surface area (Å²) in [6, 6.07) is 6.31. The predicted molar refractivity (Wildman–Crippen MR) is 160 cm³/mol. The number of nitrogens with zero attached hydrogens (tertiary/aromatic N) is 2. The molecule has 2 unspecified atom stereocenters. The van der Waals surface area contributed by atoms with E-state index in [9.17, 15) is 9.00 Å². The smallest absolute Gasteiger partial charge is 0.280 e. The van der Waals surface area contributed by atoms with Crippen molar-refractivity contribution in [2.45, 2.75) is 69.4 Å². The van der Waals surface area contributed by atoms with E-state index < -0.39 is 10.6 Å². The number of benzene rings is 1. The van der Waals surface area contributed by atoms with Crippen molar-refractivity contribution in [2.24, 2.45) is 22.1 Å². The van der Waals surface area contributed by atoms with Crippen molar-refractivity contribution in [3.63, 3.8) is 0 Å². The Kier molecular flexibility index (Phi) is 8.28. The number of hydrogen-bond acceptors (Lipinski definition) is 5. The molecule has 1 spiro atoms. The van der Waals surface area contributed by atoms with Gasteiger partial charge >= 0.3 is 0 Å². The number of hydrogen-bond donors (Lipinski definition) is 1. The molecule has 3 aliphatic carbocycles. The van der Waals surface area contributed by atoms with Crippen molar-refractivity contribution in [3.8, 4) is 0 Å². The number of allylic oxidation sites excluding steroid dienone is 3. The second kappa shape index (κ2) is 11.7. The van der Waals surface area contributed by atoms with Crippen molar-refractivity contribution in [3.05, 3.63) is 70.0 Å². The minimum Gasteiger partial charge on any atom is -0.495 e. The standard InChI is InChI=1S/C32H41ClN2O4S/c1-21-5-3-7-29(38-2)26-11-8-24(26)17-35-19-32(14-4-6-22-15-25(33)10-12-27(22)32)20-39-30-13-9-23(16-28(30)35)31(36)34-40(37)18-21/h3,7,9-10,12-13,15,21,24,26,28-29,40H,4-6,8,11,14,16-20H2,1-2H3/b7-3+/t21-,24-,26+,28?,29-,32-/m0/s1. The highest BCUT2D eigenvalue weighted by atomic mass is 35.5. The number of thiol groups is 1. The molecule has 0 N–H and O–H groups in total. The monoisotopic (exact) mass is 584 g/mol. The van der Waals surface area contributed by atoms with Crippen LogP contribution >= 0.6 is 11.6 Å². The lowest BCUT2D eigenvalue weighted by Gasteiger charge is -2.46. The molecule has 5 aliphatic rings. The predicted octanol–water partition coefficient (Wildman–Crippen LogP) is 5.66. The molecule has 1 aromatic carbocycles. The number of carbonyl (C=O) groups excluding carboxylic acids is 1. The second-order valence-electron chi connectivity index (χ2n) is 12.5. The van der Waals surface area contributed by atoms with Crippen molar-refractivity contribution in [1.29, 1.82) is 0 Å². The first-order valence-electron chi connectivity index (χ1n) is 14.8. The molecule has 7 atom stereocenters. The molecule has 1 amide bonds. The maximum atomic E-state index is 13.2. The van der Waals surface area contributed by atoms with Gasteiger partial charge in [-0.3, -0.25) is 13.9 Å². The van der Waals surface area contributed by atoms with Gasteiger partial charge in [-0.15, -0.1) is 0 Å². The minimum absolute atomic E-state index is 0.0429. The molecule has 0 aromatic heterocycles. The molecule has 8 heteroatoms. The van der Waals surface area contributed by atoms with E-state index in [0.29, 0.717) is 36.2 Å². The summed E-state index contributed by atoms with van der Waals surface area (Å²) in [6.45, 7) is 4.48. The van der Waals surface area contributed by atoms with Gasteiger partial charge in [0.15, 0.2) is 0 Å². The van der Waals surface area contributed by atoms with Crippen LogP contribution in [0.5, 0.6) is 0 Å². The molecule has 6 rings (SSSR count). The van der Waals surface area contributed by atoms with Crippen LogP contribution in [0.25, 0.3) is 0 Å². The van der Waals surface area contributed by atoms with E-state index in [4.69, 9.17) is 21.1 Å². The summed E-state index contributed by atoms with van der Waals surface area (Å²) in [5.74, 6) is 2.14. The summed E-state index contributed by atoms with van der Waals surface area (Å²) in [6.07, 6.45) is 15.1. The molecule has 2 bridgehead atoms. The molecule has 6 nitrogen and oxygen atoms in total. The molecular weight excluding hydrogens is 544 g/mol. The Balaban J connectivity index is 1.38. The van der Waals surface area contributed by atoms with Gasteiger partial charge in [-0.25, -0.2) is 0 Å². The third kappa shape index (κ3) is 5.59. The highest BCUT2D eigenvalue weighted by Crippen LogP contribution is 2.46. The Bertz CT molecular complexity index is 1330. The van der Waals surface area contributed by atoms with Gasteiger partial charge in [-0.2, -0.15) is 4.36 Å².